The molecule has 1 N–H and O–H groups in total. The molecule has 0 aromatic heterocycles. The summed E-state index contributed by atoms with van der Waals surface area (Å²) in [6.45, 7) is 0. The topological polar surface area (TPSA) is 58.6 Å². The molecule has 0 spiro atoms. The first-order chi connectivity index (χ1) is 10.9. The Hall–Kier alpha value is -2.09. The summed E-state index contributed by atoms with van der Waals surface area (Å²) in [5, 5.41) is 2.80. The molecule has 0 aliphatic carbocycles. The lowest BCUT2D eigenvalue weighted by molar-refractivity contribution is 0.0828. The summed E-state index contributed by atoms with van der Waals surface area (Å²) in [7, 11) is 4.93. The molecule has 0 aliphatic rings. The van der Waals surface area contributed by atoms with Crippen molar-refractivity contribution in [3.8, 4) is 5.75 Å². The fourth-order valence-electron chi connectivity index (χ4n) is 2.02. The molecule has 0 saturated heterocycles. The van der Waals surface area contributed by atoms with Gasteiger partial charge in [0.15, 0.2) is 0 Å². The Kier molecular flexibility index (Phi) is 5.59. The number of hydrogen-bond donors (Lipinski definition) is 1. The quantitative estimate of drug-likeness (QED) is 0.767. The van der Waals surface area contributed by atoms with E-state index in [0.29, 0.717) is 22.6 Å². The van der Waals surface area contributed by atoms with Crippen molar-refractivity contribution in [2.75, 3.05) is 26.5 Å². The molecule has 2 aromatic rings. The molecule has 0 radical (unpaired) electrons. The number of nitrogens with zero attached hydrogens (tertiary/aromatic N) is 1. The lowest BCUT2D eigenvalue weighted by Gasteiger charge is -2.15. The minimum atomic E-state index is -0.274. The normalized spacial score (nSPS) is 10.1. The van der Waals surface area contributed by atoms with Gasteiger partial charge in [-0.3, -0.25) is 9.59 Å². The van der Waals surface area contributed by atoms with Gasteiger partial charge in [0.1, 0.15) is 5.75 Å². The second-order valence-electron chi connectivity index (χ2n) is 5.05. The zero-order valence-corrected chi connectivity index (χ0v) is 15.2. The lowest BCUT2D eigenvalue weighted by atomic mass is 10.1. The number of methoxy groups -OCH3 is 1. The Bertz CT molecular complexity index is 744. The average molecular weight is 424 g/mol. The SMILES string of the molecule is COc1ccc(C(=O)Nc2ccccc2C(=O)N(C)C)cc1I. The molecule has 0 unspecified atom stereocenters. The Morgan fingerprint density at radius 2 is 1.83 bits per heavy atom. The molecule has 0 fully saturated rings. The van der Waals surface area contributed by atoms with Crippen molar-refractivity contribution in [3.63, 3.8) is 0 Å². The number of nitrogens with one attached hydrogen (secondary N) is 1. The van der Waals surface area contributed by atoms with Gasteiger partial charge in [-0.05, 0) is 52.9 Å². The summed E-state index contributed by atoms with van der Waals surface area (Å²) in [6, 6.07) is 12.1. The van der Waals surface area contributed by atoms with Crippen LogP contribution in [0.3, 0.4) is 0 Å². The number of benzene rings is 2. The Morgan fingerprint density at radius 1 is 1.13 bits per heavy atom. The number of anilines is 1. The highest BCUT2D eigenvalue weighted by atomic mass is 127. The van der Waals surface area contributed by atoms with Crippen LogP contribution in [0.2, 0.25) is 0 Å². The molecule has 0 heterocycles. The van der Waals surface area contributed by atoms with Crippen molar-refractivity contribution >= 4 is 40.1 Å². The van der Waals surface area contributed by atoms with Gasteiger partial charge in [-0.25, -0.2) is 0 Å². The summed E-state index contributed by atoms with van der Waals surface area (Å²) in [6.07, 6.45) is 0. The number of para-hydroxylation sites is 1. The number of amides is 2. The summed E-state index contributed by atoms with van der Waals surface area (Å²) in [4.78, 5) is 26.1. The smallest absolute Gasteiger partial charge is 0.255 e. The van der Waals surface area contributed by atoms with Crippen molar-refractivity contribution in [1.82, 2.24) is 4.90 Å². The molecule has 0 bridgehead atoms. The van der Waals surface area contributed by atoms with E-state index in [1.807, 2.05) is 0 Å². The van der Waals surface area contributed by atoms with Crippen LogP contribution < -0.4 is 10.1 Å². The number of halogens is 1. The molecule has 2 rings (SSSR count). The third-order valence-corrected chi connectivity index (χ3v) is 4.07. The van der Waals surface area contributed by atoms with E-state index >= 15 is 0 Å². The number of rotatable bonds is 4. The molecule has 6 heteroatoms. The highest BCUT2D eigenvalue weighted by molar-refractivity contribution is 14.1. The van der Waals surface area contributed by atoms with Crippen molar-refractivity contribution in [3.05, 3.63) is 57.2 Å². The van der Waals surface area contributed by atoms with Crippen LogP contribution in [0, 0.1) is 3.57 Å². The lowest BCUT2D eigenvalue weighted by Crippen LogP contribution is -2.24. The van der Waals surface area contributed by atoms with E-state index in [1.165, 1.54) is 4.90 Å². The van der Waals surface area contributed by atoms with E-state index in [-0.39, 0.29) is 11.8 Å². The molecular weight excluding hydrogens is 407 g/mol. The van der Waals surface area contributed by atoms with Crippen LogP contribution in [0.15, 0.2) is 42.5 Å². The number of carbonyl (C=O) groups is 2. The number of hydrogen-bond acceptors (Lipinski definition) is 3. The zero-order chi connectivity index (χ0) is 17.0. The standard InChI is InChI=1S/C17H17IN2O3/c1-20(2)17(22)12-6-4-5-7-14(12)19-16(21)11-8-9-15(23-3)13(18)10-11/h4-10H,1-3H3,(H,19,21). The van der Waals surface area contributed by atoms with Crippen molar-refractivity contribution in [1.29, 1.82) is 0 Å². The van der Waals surface area contributed by atoms with E-state index in [0.717, 1.165) is 3.57 Å². The molecule has 2 amide bonds. The Labute approximate surface area is 148 Å². The monoisotopic (exact) mass is 424 g/mol. The van der Waals surface area contributed by atoms with Crippen LogP contribution in [-0.2, 0) is 0 Å². The van der Waals surface area contributed by atoms with E-state index in [2.05, 4.69) is 27.9 Å². The maximum atomic E-state index is 12.4. The van der Waals surface area contributed by atoms with E-state index in [4.69, 9.17) is 4.74 Å². The van der Waals surface area contributed by atoms with Crippen LogP contribution in [0.4, 0.5) is 5.69 Å². The van der Waals surface area contributed by atoms with E-state index in [9.17, 15) is 9.59 Å². The largest absolute Gasteiger partial charge is 0.496 e. The van der Waals surface area contributed by atoms with Crippen LogP contribution in [0.1, 0.15) is 20.7 Å². The molecule has 0 saturated carbocycles. The fourth-order valence-corrected chi connectivity index (χ4v) is 2.76. The highest BCUT2D eigenvalue weighted by Crippen LogP contribution is 2.23. The molecule has 0 atom stereocenters. The predicted molar refractivity (Wildman–Crippen MR) is 98.1 cm³/mol. The van der Waals surface area contributed by atoms with Gasteiger partial charge in [0.05, 0.1) is 21.9 Å². The molecule has 23 heavy (non-hydrogen) atoms. The first-order valence-electron chi connectivity index (χ1n) is 6.89. The molecular formula is C17H17IN2O3. The van der Waals surface area contributed by atoms with Gasteiger partial charge < -0.3 is 15.0 Å². The Morgan fingerprint density at radius 3 is 2.43 bits per heavy atom. The Balaban J connectivity index is 2.27. The zero-order valence-electron chi connectivity index (χ0n) is 13.1. The van der Waals surface area contributed by atoms with Gasteiger partial charge in [-0.1, -0.05) is 12.1 Å². The number of carbonyl (C=O) groups excluding carboxylic acids is 2. The van der Waals surface area contributed by atoms with Gasteiger partial charge in [0.2, 0.25) is 0 Å². The fraction of sp³-hybridized carbons (Fsp3) is 0.176. The second-order valence-corrected chi connectivity index (χ2v) is 6.21. The average Bonchev–Trinajstić information content (AvgIpc) is 2.54. The third kappa shape index (κ3) is 4.01. The third-order valence-electron chi connectivity index (χ3n) is 3.23. The van der Waals surface area contributed by atoms with Crippen LogP contribution in [0.25, 0.3) is 0 Å². The summed E-state index contributed by atoms with van der Waals surface area (Å²) in [5.74, 6) is 0.278. The summed E-state index contributed by atoms with van der Waals surface area (Å²) < 4.78 is 6.03. The van der Waals surface area contributed by atoms with Crippen LogP contribution in [0.5, 0.6) is 5.75 Å². The van der Waals surface area contributed by atoms with E-state index < -0.39 is 0 Å². The molecule has 120 valence electrons. The van der Waals surface area contributed by atoms with Gasteiger partial charge >= 0.3 is 0 Å². The van der Waals surface area contributed by atoms with Crippen molar-refractivity contribution < 1.29 is 14.3 Å². The maximum Gasteiger partial charge on any atom is 0.255 e. The van der Waals surface area contributed by atoms with Gasteiger partial charge in [0.25, 0.3) is 11.8 Å². The first-order valence-corrected chi connectivity index (χ1v) is 7.97. The van der Waals surface area contributed by atoms with Gasteiger partial charge in [0, 0.05) is 19.7 Å². The number of ether oxygens (including phenoxy) is 1. The van der Waals surface area contributed by atoms with E-state index in [1.54, 1.807) is 63.7 Å². The highest BCUT2D eigenvalue weighted by Gasteiger charge is 2.16. The predicted octanol–water partition coefficient (Wildman–Crippen LogP) is 3.25. The minimum absolute atomic E-state index is 0.162. The van der Waals surface area contributed by atoms with Crippen LogP contribution in [-0.4, -0.2) is 37.9 Å². The first kappa shape index (κ1) is 17.3. The summed E-state index contributed by atoms with van der Waals surface area (Å²) in [5.41, 5.74) is 1.44. The van der Waals surface area contributed by atoms with Gasteiger partial charge in [-0.15, -0.1) is 0 Å². The molecule has 2 aromatic carbocycles. The molecule has 0 aliphatic heterocycles. The maximum absolute atomic E-state index is 12.4. The van der Waals surface area contributed by atoms with Crippen LogP contribution >= 0.6 is 22.6 Å². The van der Waals surface area contributed by atoms with Crippen molar-refractivity contribution in [2.45, 2.75) is 0 Å². The van der Waals surface area contributed by atoms with Crippen molar-refractivity contribution in [2.24, 2.45) is 0 Å². The minimum Gasteiger partial charge on any atom is -0.496 e. The molecule has 5 nitrogen and oxygen atoms in total. The second kappa shape index (κ2) is 7.45. The summed E-state index contributed by atoms with van der Waals surface area (Å²) >= 11 is 2.11. The van der Waals surface area contributed by atoms with Gasteiger partial charge in [-0.2, -0.15) is 0 Å².